The molecule has 0 fully saturated rings. The second-order valence-electron chi connectivity index (χ2n) is 6.19. The maximum atomic E-state index is 13.8. The van der Waals surface area contributed by atoms with Crippen LogP contribution in [0.25, 0.3) is 5.82 Å². The number of aromatic nitrogens is 4. The molecule has 1 aromatic carbocycles. The molecule has 0 aliphatic heterocycles. The van der Waals surface area contributed by atoms with Gasteiger partial charge < -0.3 is 14.8 Å². The highest BCUT2D eigenvalue weighted by molar-refractivity contribution is 6.31. The number of hydrogen-bond acceptors (Lipinski definition) is 6. The summed E-state index contributed by atoms with van der Waals surface area (Å²) in [7, 11) is 1.34. The van der Waals surface area contributed by atoms with Crippen LogP contribution in [0.5, 0.6) is 11.6 Å². The average Bonchev–Trinajstić information content (AvgIpc) is 3.19. The van der Waals surface area contributed by atoms with Gasteiger partial charge in [-0.05, 0) is 30.7 Å². The lowest BCUT2D eigenvalue weighted by Gasteiger charge is -2.14. The lowest BCUT2D eigenvalue weighted by molar-refractivity contribution is -0.143. The molecule has 2 heterocycles. The van der Waals surface area contributed by atoms with Crippen LogP contribution in [-0.4, -0.2) is 39.6 Å². The number of carbonyl (C=O) groups is 1. The van der Waals surface area contributed by atoms with Gasteiger partial charge in [0.1, 0.15) is 5.75 Å². The Kier molecular flexibility index (Phi) is 6.64. The van der Waals surface area contributed by atoms with E-state index in [4.69, 9.17) is 21.1 Å². The number of rotatable bonds is 7. The third-order valence-corrected chi connectivity index (χ3v) is 4.22. The van der Waals surface area contributed by atoms with Crippen LogP contribution in [0.4, 0.5) is 18.9 Å². The van der Waals surface area contributed by atoms with E-state index in [0.717, 1.165) is 6.20 Å². The first-order chi connectivity index (χ1) is 14.7. The Morgan fingerprint density at radius 1 is 1.23 bits per heavy atom. The molecule has 164 valence electrons. The third-order valence-electron chi connectivity index (χ3n) is 3.99. The van der Waals surface area contributed by atoms with Crippen LogP contribution in [0.3, 0.4) is 0 Å². The Balaban J connectivity index is 1.98. The minimum Gasteiger partial charge on any atom is -0.491 e. The number of ether oxygens (including phenoxy) is 2. The molecule has 3 rings (SSSR count). The van der Waals surface area contributed by atoms with Gasteiger partial charge in [0.15, 0.2) is 11.5 Å². The highest BCUT2D eigenvalue weighted by atomic mass is 35.5. The van der Waals surface area contributed by atoms with Crippen LogP contribution in [0.15, 0.2) is 36.5 Å². The molecule has 0 spiro atoms. The summed E-state index contributed by atoms with van der Waals surface area (Å²) in [6.45, 7) is 2.24. The van der Waals surface area contributed by atoms with E-state index in [2.05, 4.69) is 20.6 Å². The van der Waals surface area contributed by atoms with Crippen molar-refractivity contribution in [2.75, 3.05) is 19.0 Å². The lowest BCUT2D eigenvalue weighted by Crippen LogP contribution is -2.21. The van der Waals surface area contributed by atoms with Gasteiger partial charge in [-0.15, -0.1) is 10.2 Å². The number of benzene rings is 1. The molecular formula is C19H17ClF3N5O3. The summed E-state index contributed by atoms with van der Waals surface area (Å²) in [5, 5.41) is 13.7. The van der Waals surface area contributed by atoms with Crippen LogP contribution in [0, 0.1) is 0 Å². The van der Waals surface area contributed by atoms with Crippen molar-refractivity contribution in [1.82, 2.24) is 20.0 Å². The monoisotopic (exact) mass is 455 g/mol. The lowest BCUT2D eigenvalue weighted by atomic mass is 10.2. The predicted octanol–water partition coefficient (Wildman–Crippen LogP) is 4.38. The fourth-order valence-corrected chi connectivity index (χ4v) is 2.80. The zero-order valence-electron chi connectivity index (χ0n) is 16.4. The molecule has 1 N–H and O–H groups in total. The molecule has 0 aliphatic rings. The maximum absolute atomic E-state index is 13.8. The van der Waals surface area contributed by atoms with E-state index < -0.39 is 23.3 Å². The molecule has 0 saturated carbocycles. The number of alkyl halides is 3. The van der Waals surface area contributed by atoms with Gasteiger partial charge in [0.25, 0.3) is 5.91 Å². The summed E-state index contributed by atoms with van der Waals surface area (Å²) < 4.78 is 52.3. The number of hydrogen-bond donors (Lipinski definition) is 1. The molecule has 12 heteroatoms. The number of nitrogens with one attached hydrogen (secondary N) is 1. The number of amides is 1. The first-order valence-electron chi connectivity index (χ1n) is 9.01. The van der Waals surface area contributed by atoms with Crippen molar-refractivity contribution in [1.29, 1.82) is 0 Å². The van der Waals surface area contributed by atoms with Gasteiger partial charge in [0, 0.05) is 11.1 Å². The second-order valence-corrected chi connectivity index (χ2v) is 6.63. The molecule has 0 unspecified atom stereocenters. The summed E-state index contributed by atoms with van der Waals surface area (Å²) >= 11 is 5.96. The van der Waals surface area contributed by atoms with Gasteiger partial charge in [0.05, 0.1) is 31.2 Å². The number of nitrogens with zero attached hydrogens (tertiary/aromatic N) is 4. The molecule has 0 aliphatic carbocycles. The molecule has 3 aromatic rings. The van der Waals surface area contributed by atoms with Crippen LogP contribution >= 0.6 is 11.6 Å². The van der Waals surface area contributed by atoms with Gasteiger partial charge in [-0.1, -0.05) is 18.5 Å². The van der Waals surface area contributed by atoms with Crippen molar-refractivity contribution in [2.45, 2.75) is 19.5 Å². The predicted molar refractivity (Wildman–Crippen MR) is 106 cm³/mol. The standard InChI is InChI=1S/C19H17ClF3N5O3/c1-3-8-31-14-5-4-11(20)9-13(14)25-18(29)12-10-24-28(17(12)19(21,22)23)15-6-7-16(30-2)27-26-15/h4-7,9-10H,3,8H2,1-2H3,(H,25,29). The Morgan fingerprint density at radius 3 is 2.61 bits per heavy atom. The van der Waals surface area contributed by atoms with Crippen molar-refractivity contribution in [2.24, 2.45) is 0 Å². The normalized spacial score (nSPS) is 11.3. The number of methoxy groups -OCH3 is 1. The molecular weight excluding hydrogens is 439 g/mol. The van der Waals surface area contributed by atoms with E-state index in [0.29, 0.717) is 17.7 Å². The van der Waals surface area contributed by atoms with Crippen molar-refractivity contribution < 1.29 is 27.4 Å². The summed E-state index contributed by atoms with van der Waals surface area (Å²) in [6, 6.07) is 7.02. The molecule has 0 radical (unpaired) electrons. The molecule has 31 heavy (non-hydrogen) atoms. The van der Waals surface area contributed by atoms with Gasteiger partial charge in [-0.25, -0.2) is 4.68 Å². The van der Waals surface area contributed by atoms with Crippen molar-refractivity contribution >= 4 is 23.2 Å². The summed E-state index contributed by atoms with van der Waals surface area (Å²) in [5.74, 6) is -0.880. The first-order valence-corrected chi connectivity index (χ1v) is 9.39. The summed E-state index contributed by atoms with van der Waals surface area (Å²) in [4.78, 5) is 12.7. The highest BCUT2D eigenvalue weighted by Crippen LogP contribution is 2.35. The smallest absolute Gasteiger partial charge is 0.434 e. The fraction of sp³-hybridized carbons (Fsp3) is 0.263. The van der Waals surface area contributed by atoms with E-state index in [1.54, 1.807) is 6.07 Å². The van der Waals surface area contributed by atoms with Crippen LogP contribution in [0.2, 0.25) is 5.02 Å². The fourth-order valence-electron chi connectivity index (χ4n) is 2.62. The van der Waals surface area contributed by atoms with Crippen molar-refractivity contribution in [3.63, 3.8) is 0 Å². The largest absolute Gasteiger partial charge is 0.491 e. The molecule has 0 atom stereocenters. The minimum atomic E-state index is -4.90. The first kappa shape index (κ1) is 22.3. The molecule has 8 nitrogen and oxygen atoms in total. The molecule has 1 amide bonds. The Labute approximate surface area is 179 Å². The van der Waals surface area contributed by atoms with E-state index in [9.17, 15) is 18.0 Å². The molecule has 2 aromatic heterocycles. The number of anilines is 1. The molecule has 0 bridgehead atoms. The maximum Gasteiger partial charge on any atom is 0.434 e. The molecule has 0 saturated heterocycles. The third kappa shape index (κ3) is 5.05. The van der Waals surface area contributed by atoms with Crippen LogP contribution in [0.1, 0.15) is 29.4 Å². The number of halogens is 4. The highest BCUT2D eigenvalue weighted by Gasteiger charge is 2.41. The van der Waals surface area contributed by atoms with Crippen LogP contribution < -0.4 is 14.8 Å². The van der Waals surface area contributed by atoms with Gasteiger partial charge in [-0.2, -0.15) is 18.3 Å². The Morgan fingerprint density at radius 2 is 2.00 bits per heavy atom. The van der Waals surface area contributed by atoms with E-state index in [1.165, 1.54) is 31.4 Å². The van der Waals surface area contributed by atoms with Crippen molar-refractivity contribution in [3.05, 3.63) is 52.8 Å². The zero-order chi connectivity index (χ0) is 22.6. The quantitative estimate of drug-likeness (QED) is 0.568. The van der Waals surface area contributed by atoms with Crippen molar-refractivity contribution in [3.8, 4) is 17.4 Å². The zero-order valence-corrected chi connectivity index (χ0v) is 17.2. The SMILES string of the molecule is CCCOc1ccc(Cl)cc1NC(=O)c1cnn(-c2ccc(OC)nn2)c1C(F)(F)F. The number of carbonyl (C=O) groups excluding carboxylic acids is 1. The van der Waals surface area contributed by atoms with E-state index in [1.807, 2.05) is 6.92 Å². The van der Waals surface area contributed by atoms with Gasteiger partial charge in [-0.3, -0.25) is 4.79 Å². The summed E-state index contributed by atoms with van der Waals surface area (Å²) in [5.41, 5.74) is -1.87. The van der Waals surface area contributed by atoms with Crippen LogP contribution in [-0.2, 0) is 6.18 Å². The average molecular weight is 456 g/mol. The summed E-state index contributed by atoms with van der Waals surface area (Å²) in [6.07, 6.45) is -3.40. The minimum absolute atomic E-state index is 0.114. The topological polar surface area (TPSA) is 91.2 Å². The van der Waals surface area contributed by atoms with E-state index in [-0.39, 0.29) is 28.2 Å². The van der Waals surface area contributed by atoms with Gasteiger partial charge >= 0.3 is 6.18 Å². The van der Waals surface area contributed by atoms with Gasteiger partial charge in [0.2, 0.25) is 5.88 Å². The second kappa shape index (κ2) is 9.21. The van der Waals surface area contributed by atoms with E-state index >= 15 is 0 Å². The Hall–Kier alpha value is -3.34. The Bertz CT molecular complexity index is 1070.